The molecule has 0 fully saturated rings. The Kier molecular flexibility index (Phi) is 8.78. The van der Waals surface area contributed by atoms with Gasteiger partial charge in [0, 0.05) is 30.0 Å². The number of rotatable bonds is 7. The number of aliphatic hydroxyl groups is 2. The van der Waals surface area contributed by atoms with E-state index in [1.807, 2.05) is 60.7 Å². The summed E-state index contributed by atoms with van der Waals surface area (Å²) in [6, 6.07) is 20.6. The molecular weight excluding hydrogens is 442 g/mol. The summed E-state index contributed by atoms with van der Waals surface area (Å²) >= 11 is 0. The molecule has 1 aromatic heterocycles. The molecule has 0 unspecified atom stereocenters. The smallest absolute Gasteiger partial charge is 0.223 e. The molecule has 7 heteroatoms. The van der Waals surface area contributed by atoms with Crippen LogP contribution in [0, 0.1) is 0 Å². The topological polar surface area (TPSA) is 112 Å². The second-order valence-corrected chi connectivity index (χ2v) is 8.17. The Labute approximate surface area is 204 Å². The van der Waals surface area contributed by atoms with Gasteiger partial charge in [-0.05, 0) is 48.7 Å². The molecule has 4 aromatic rings. The molecule has 35 heavy (non-hydrogen) atoms. The number of hydrogen-bond donors (Lipinski definition) is 3. The molecule has 0 aliphatic heterocycles. The zero-order valence-electron chi connectivity index (χ0n) is 20.1. The fraction of sp³-hybridized carbons (Fsp3) is 0.214. The molecule has 0 amide bonds. The second kappa shape index (κ2) is 12.0. The quantitative estimate of drug-likeness (QED) is 0.344. The molecule has 0 atom stereocenters. The van der Waals surface area contributed by atoms with Crippen LogP contribution in [0.15, 0.2) is 66.7 Å². The number of hydrogen-bond acceptors (Lipinski definition) is 7. The predicted molar refractivity (Wildman–Crippen MR) is 137 cm³/mol. The number of nitrogens with zero attached hydrogens (tertiary/aromatic N) is 2. The number of aliphatic hydroxyl groups excluding tert-OH is 2. The van der Waals surface area contributed by atoms with Gasteiger partial charge in [-0.1, -0.05) is 48.5 Å². The molecule has 3 N–H and O–H groups in total. The first kappa shape index (κ1) is 25.7. The minimum absolute atomic E-state index is 0.0522. The maximum Gasteiger partial charge on any atom is 0.223 e. The highest BCUT2D eigenvalue weighted by Crippen LogP contribution is 2.30. The van der Waals surface area contributed by atoms with Crippen molar-refractivity contribution in [3.63, 3.8) is 0 Å². The van der Waals surface area contributed by atoms with E-state index in [1.54, 1.807) is 13.1 Å². The van der Waals surface area contributed by atoms with Crippen LogP contribution in [-0.4, -0.2) is 38.8 Å². The summed E-state index contributed by atoms with van der Waals surface area (Å²) in [5.41, 5.74) is 5.05. The second-order valence-electron chi connectivity index (χ2n) is 8.17. The minimum Gasteiger partial charge on any atom is -0.392 e. The van der Waals surface area contributed by atoms with Gasteiger partial charge >= 0.3 is 0 Å². The summed E-state index contributed by atoms with van der Waals surface area (Å²) in [6.07, 6.45) is 0.288. The number of carbonyl (C=O) groups excluding carboxylic acids is 2. The van der Waals surface area contributed by atoms with E-state index in [4.69, 9.17) is 0 Å². The van der Waals surface area contributed by atoms with Crippen LogP contribution in [0.1, 0.15) is 40.9 Å². The largest absolute Gasteiger partial charge is 0.392 e. The third-order valence-corrected chi connectivity index (χ3v) is 5.24. The van der Waals surface area contributed by atoms with E-state index in [1.165, 1.54) is 13.8 Å². The number of nitrogens with one attached hydrogen (secondary N) is 1. The van der Waals surface area contributed by atoms with Crippen molar-refractivity contribution < 1.29 is 19.8 Å². The Hall–Kier alpha value is -3.94. The van der Waals surface area contributed by atoms with Gasteiger partial charge in [-0.25, -0.2) is 9.97 Å². The van der Waals surface area contributed by atoms with E-state index in [0.717, 1.165) is 16.5 Å². The van der Waals surface area contributed by atoms with E-state index >= 15 is 0 Å². The van der Waals surface area contributed by atoms with Crippen LogP contribution in [0.4, 0.5) is 5.95 Å². The van der Waals surface area contributed by atoms with Gasteiger partial charge in [0.15, 0.2) is 5.78 Å². The first-order valence-corrected chi connectivity index (χ1v) is 11.2. The molecule has 0 aliphatic rings. The molecule has 180 valence electrons. The summed E-state index contributed by atoms with van der Waals surface area (Å²) in [5, 5.41) is 23.1. The molecule has 0 aliphatic carbocycles. The Bertz CT molecular complexity index is 1330. The number of Topliss-reactive ketones (excluding diaryl/α,β-unsaturated/α-hetero) is 2. The molecule has 0 radical (unpaired) electrons. The lowest BCUT2D eigenvalue weighted by Gasteiger charge is -2.13. The monoisotopic (exact) mass is 471 g/mol. The lowest BCUT2D eigenvalue weighted by atomic mass is 9.97. The predicted octanol–water partition coefficient (Wildman–Crippen LogP) is 4.34. The molecule has 4 rings (SSSR count). The van der Waals surface area contributed by atoms with Crippen LogP contribution in [0.25, 0.3) is 22.2 Å². The van der Waals surface area contributed by atoms with Crippen molar-refractivity contribution in [3.8, 4) is 11.3 Å². The first-order chi connectivity index (χ1) is 16.9. The zero-order chi connectivity index (χ0) is 25.4. The molecule has 0 bridgehead atoms. The molecule has 0 spiro atoms. The molecular formula is C28H29N3O4. The van der Waals surface area contributed by atoms with E-state index in [-0.39, 0.29) is 31.2 Å². The van der Waals surface area contributed by atoms with Gasteiger partial charge in [0.25, 0.3) is 0 Å². The summed E-state index contributed by atoms with van der Waals surface area (Å²) in [7, 11) is 1.74. The van der Waals surface area contributed by atoms with Gasteiger partial charge in [0.2, 0.25) is 5.95 Å². The molecule has 7 nitrogen and oxygen atoms in total. The molecule has 1 heterocycles. The van der Waals surface area contributed by atoms with Crippen LogP contribution in [0.3, 0.4) is 0 Å². The van der Waals surface area contributed by atoms with Crippen molar-refractivity contribution in [3.05, 3.63) is 89.0 Å². The Morgan fingerprint density at radius 1 is 0.857 bits per heavy atom. The minimum atomic E-state index is -0.190. The molecule has 3 aromatic carbocycles. The normalized spacial score (nSPS) is 10.4. The van der Waals surface area contributed by atoms with Crippen LogP contribution >= 0.6 is 0 Å². The van der Waals surface area contributed by atoms with Crippen LogP contribution in [0.5, 0.6) is 0 Å². The van der Waals surface area contributed by atoms with E-state index in [2.05, 4.69) is 15.3 Å². The van der Waals surface area contributed by atoms with Crippen molar-refractivity contribution in [1.82, 2.24) is 9.97 Å². The Morgan fingerprint density at radius 2 is 1.51 bits per heavy atom. The third-order valence-electron chi connectivity index (χ3n) is 5.24. The Morgan fingerprint density at radius 3 is 2.14 bits per heavy atom. The van der Waals surface area contributed by atoms with Gasteiger partial charge in [-0.2, -0.15) is 0 Å². The van der Waals surface area contributed by atoms with Gasteiger partial charge in [0.05, 0.1) is 24.4 Å². The summed E-state index contributed by atoms with van der Waals surface area (Å²) in [5.74, 6) is 0.672. The number of ketones is 2. The van der Waals surface area contributed by atoms with E-state index in [0.29, 0.717) is 33.8 Å². The average molecular weight is 472 g/mol. The third kappa shape index (κ3) is 6.56. The van der Waals surface area contributed by atoms with Crippen molar-refractivity contribution in [2.24, 2.45) is 0 Å². The van der Waals surface area contributed by atoms with E-state index < -0.39 is 0 Å². The lowest BCUT2D eigenvalue weighted by molar-refractivity contribution is -0.115. The van der Waals surface area contributed by atoms with Crippen molar-refractivity contribution in [1.29, 1.82) is 0 Å². The standard InChI is InChI=1S/C25H23N3O3.C3H6O/c1-26-25-27-22-13-20(15-30)19(14-29)12-21(22)24(28-25)18-9-5-6-16(10-18)11-23(31)17-7-3-2-4-8-17;1-3(2)4/h2-10,12-13,29-30H,11,14-15H2,1H3,(H,26,27,28);1-2H3. The van der Waals surface area contributed by atoms with Crippen LogP contribution in [-0.2, 0) is 24.4 Å². The highest BCUT2D eigenvalue weighted by atomic mass is 16.3. The highest BCUT2D eigenvalue weighted by Gasteiger charge is 2.14. The number of fused-ring (bicyclic) bond motifs is 1. The number of benzene rings is 3. The van der Waals surface area contributed by atoms with Gasteiger partial charge in [-0.15, -0.1) is 0 Å². The first-order valence-electron chi connectivity index (χ1n) is 11.2. The van der Waals surface area contributed by atoms with Crippen molar-refractivity contribution in [2.75, 3.05) is 12.4 Å². The van der Waals surface area contributed by atoms with Crippen LogP contribution < -0.4 is 5.32 Å². The zero-order valence-corrected chi connectivity index (χ0v) is 20.1. The van der Waals surface area contributed by atoms with Gasteiger partial charge in [0.1, 0.15) is 5.78 Å². The number of anilines is 1. The van der Waals surface area contributed by atoms with Crippen molar-refractivity contribution in [2.45, 2.75) is 33.5 Å². The summed E-state index contributed by atoms with van der Waals surface area (Å²) in [4.78, 5) is 31.2. The fourth-order valence-electron chi connectivity index (χ4n) is 3.63. The lowest BCUT2D eigenvalue weighted by Crippen LogP contribution is -2.04. The van der Waals surface area contributed by atoms with Gasteiger partial charge in [-0.3, -0.25) is 4.79 Å². The fourth-order valence-corrected chi connectivity index (χ4v) is 3.63. The Balaban J connectivity index is 0.000000795. The van der Waals surface area contributed by atoms with Crippen molar-refractivity contribution >= 4 is 28.4 Å². The van der Waals surface area contributed by atoms with Gasteiger partial charge < -0.3 is 20.3 Å². The molecule has 0 saturated carbocycles. The number of carbonyl (C=O) groups is 2. The van der Waals surface area contributed by atoms with E-state index in [9.17, 15) is 19.8 Å². The average Bonchev–Trinajstić information content (AvgIpc) is 2.87. The highest BCUT2D eigenvalue weighted by molar-refractivity contribution is 5.98. The maximum atomic E-state index is 12.6. The maximum absolute atomic E-state index is 12.6. The molecule has 0 saturated heterocycles. The summed E-state index contributed by atoms with van der Waals surface area (Å²) in [6.45, 7) is 2.68. The SMILES string of the molecule is CC(C)=O.CNc1nc(-c2cccc(CC(=O)c3ccccc3)c2)c2cc(CO)c(CO)cc2n1. The summed E-state index contributed by atoms with van der Waals surface area (Å²) < 4.78 is 0. The van der Waals surface area contributed by atoms with Crippen LogP contribution in [0.2, 0.25) is 0 Å². The number of aromatic nitrogens is 2.